The van der Waals surface area contributed by atoms with E-state index in [0.717, 1.165) is 6.20 Å². The molecule has 1 aliphatic heterocycles. The third-order valence-corrected chi connectivity index (χ3v) is 6.06. The molecule has 216 valence electrons. The molecular weight excluding hydrogens is 540 g/mol. The molecule has 0 bridgehead atoms. The Hall–Kier alpha value is -3.47. The molecule has 1 fully saturated rings. The van der Waals surface area contributed by atoms with E-state index < -0.39 is 46.9 Å². The van der Waals surface area contributed by atoms with E-state index >= 15 is 0 Å². The number of nitrogens with zero attached hydrogens (tertiary/aromatic N) is 5. The minimum atomic E-state index is -4.92. The largest absolute Gasteiger partial charge is 0.423 e. The quantitative estimate of drug-likeness (QED) is 0.328. The van der Waals surface area contributed by atoms with Gasteiger partial charge in [0.1, 0.15) is 5.56 Å². The van der Waals surface area contributed by atoms with Crippen LogP contribution in [0.15, 0.2) is 23.4 Å². The Morgan fingerprint density at radius 3 is 2.28 bits per heavy atom. The van der Waals surface area contributed by atoms with Crippen LogP contribution < -0.4 is 15.8 Å². The second kappa shape index (κ2) is 12.6. The number of carbonyl (C=O) groups is 1. The second-order valence-corrected chi connectivity index (χ2v) is 8.64. The number of hydrogen-bond donors (Lipinski definition) is 2. The van der Waals surface area contributed by atoms with Crippen LogP contribution in [0.5, 0.6) is 0 Å². The second-order valence-electron chi connectivity index (χ2n) is 8.64. The normalized spacial score (nSPS) is 16.2. The van der Waals surface area contributed by atoms with Gasteiger partial charge in [-0.15, -0.1) is 0 Å². The molecule has 1 amide bonds. The predicted octanol–water partition coefficient (Wildman–Crippen LogP) is 2.17. The maximum absolute atomic E-state index is 13.4. The van der Waals surface area contributed by atoms with Crippen LogP contribution in [0.3, 0.4) is 0 Å². The zero-order chi connectivity index (χ0) is 28.8. The van der Waals surface area contributed by atoms with Gasteiger partial charge in [0.25, 0.3) is 5.56 Å². The minimum absolute atomic E-state index is 0.00871. The number of piperazine rings is 1. The van der Waals surface area contributed by atoms with Crippen molar-refractivity contribution >= 4 is 17.5 Å². The standard InChI is InChI=1S/C22H27F6N7O4/c1-13(38-2)16(32-15-11-31-33-19(37)18(15)22(26,27)28)12-39-8-3-17(36)34-4-6-35(7-5-34)20-29-9-14(10-30-20)21(23,24)25/h9-11,13,16H,3-8,12H2,1-2H3,(H2,32,33,37). The molecule has 0 saturated carbocycles. The number of rotatable bonds is 10. The third-order valence-electron chi connectivity index (χ3n) is 6.06. The van der Waals surface area contributed by atoms with E-state index in [4.69, 9.17) is 9.47 Å². The Balaban J connectivity index is 1.48. The van der Waals surface area contributed by atoms with E-state index in [0.29, 0.717) is 38.6 Å². The summed E-state index contributed by atoms with van der Waals surface area (Å²) < 4.78 is 88.9. The first-order valence-corrected chi connectivity index (χ1v) is 11.7. The molecule has 39 heavy (non-hydrogen) atoms. The van der Waals surface area contributed by atoms with Crippen LogP contribution in [-0.2, 0) is 26.6 Å². The molecule has 2 unspecified atom stereocenters. The Bertz CT molecular complexity index is 1150. The van der Waals surface area contributed by atoms with Crippen molar-refractivity contribution in [2.75, 3.05) is 56.7 Å². The van der Waals surface area contributed by atoms with Crippen molar-refractivity contribution in [3.63, 3.8) is 0 Å². The van der Waals surface area contributed by atoms with Crippen LogP contribution in [0, 0.1) is 0 Å². The summed E-state index contributed by atoms with van der Waals surface area (Å²) in [4.78, 5) is 35.0. The molecule has 0 aromatic carbocycles. The fourth-order valence-electron chi connectivity index (χ4n) is 3.76. The zero-order valence-corrected chi connectivity index (χ0v) is 21.0. The molecule has 3 rings (SSSR count). The van der Waals surface area contributed by atoms with Crippen LogP contribution >= 0.6 is 0 Å². The first-order chi connectivity index (χ1) is 18.3. The number of ether oxygens (including phenoxy) is 2. The van der Waals surface area contributed by atoms with Crippen molar-refractivity contribution in [3.8, 4) is 0 Å². The van der Waals surface area contributed by atoms with E-state index in [9.17, 15) is 35.9 Å². The third kappa shape index (κ3) is 8.01. The van der Waals surface area contributed by atoms with Gasteiger partial charge >= 0.3 is 12.4 Å². The highest BCUT2D eigenvalue weighted by Crippen LogP contribution is 2.32. The van der Waals surface area contributed by atoms with Crippen LogP contribution in [0.1, 0.15) is 24.5 Å². The fraction of sp³-hybridized carbons (Fsp3) is 0.591. The molecule has 2 N–H and O–H groups in total. The number of hydrogen-bond acceptors (Lipinski definition) is 9. The maximum atomic E-state index is 13.4. The average Bonchev–Trinajstić information content (AvgIpc) is 2.88. The summed E-state index contributed by atoms with van der Waals surface area (Å²) in [6, 6.07) is -0.804. The first-order valence-electron chi connectivity index (χ1n) is 11.7. The number of H-pyrrole nitrogens is 1. The SMILES string of the molecule is COC(C)C(COCCC(=O)N1CCN(c2ncc(C(F)(F)F)cn2)CC1)Nc1cn[nH]c(=O)c1C(F)(F)F. The molecule has 11 nitrogen and oxygen atoms in total. The van der Waals surface area contributed by atoms with Gasteiger partial charge in [-0.25, -0.2) is 15.1 Å². The van der Waals surface area contributed by atoms with Crippen molar-refractivity contribution in [1.82, 2.24) is 25.1 Å². The van der Waals surface area contributed by atoms with Gasteiger partial charge in [-0.3, -0.25) is 9.59 Å². The predicted molar refractivity (Wildman–Crippen MR) is 125 cm³/mol. The van der Waals surface area contributed by atoms with Crippen molar-refractivity contribution < 1.29 is 40.6 Å². The van der Waals surface area contributed by atoms with Gasteiger partial charge in [0.05, 0.1) is 49.2 Å². The van der Waals surface area contributed by atoms with Gasteiger partial charge in [0, 0.05) is 45.7 Å². The van der Waals surface area contributed by atoms with Crippen molar-refractivity contribution in [3.05, 3.63) is 40.1 Å². The van der Waals surface area contributed by atoms with E-state index in [1.54, 1.807) is 21.8 Å². The lowest BCUT2D eigenvalue weighted by Gasteiger charge is -2.34. The summed E-state index contributed by atoms with van der Waals surface area (Å²) in [6.45, 7) is 2.66. The lowest BCUT2D eigenvalue weighted by molar-refractivity contribution is -0.139. The van der Waals surface area contributed by atoms with E-state index in [2.05, 4.69) is 20.4 Å². The number of anilines is 2. The van der Waals surface area contributed by atoms with Crippen LogP contribution in [0.4, 0.5) is 38.0 Å². The zero-order valence-electron chi connectivity index (χ0n) is 21.0. The number of carbonyl (C=O) groups excluding carboxylic acids is 1. The summed E-state index contributed by atoms with van der Waals surface area (Å²) in [7, 11) is 1.36. The Morgan fingerprint density at radius 1 is 1.08 bits per heavy atom. The van der Waals surface area contributed by atoms with Gasteiger partial charge in [-0.1, -0.05) is 0 Å². The highest BCUT2D eigenvalue weighted by molar-refractivity contribution is 5.76. The molecule has 3 heterocycles. The monoisotopic (exact) mass is 567 g/mol. The van der Waals surface area contributed by atoms with Crippen LogP contribution in [0.25, 0.3) is 0 Å². The Morgan fingerprint density at radius 2 is 1.72 bits per heavy atom. The number of methoxy groups -OCH3 is 1. The Labute approximate surface area is 218 Å². The average molecular weight is 567 g/mol. The summed E-state index contributed by atoms with van der Waals surface area (Å²) >= 11 is 0. The number of aromatic amines is 1. The Kier molecular flexibility index (Phi) is 9.71. The molecular formula is C22H27F6N7O4. The van der Waals surface area contributed by atoms with E-state index in [1.807, 2.05) is 0 Å². The topological polar surface area (TPSA) is 126 Å². The van der Waals surface area contributed by atoms with Gasteiger partial charge < -0.3 is 24.6 Å². The van der Waals surface area contributed by atoms with Crippen LogP contribution in [-0.4, -0.2) is 89.6 Å². The molecule has 0 aliphatic carbocycles. The van der Waals surface area contributed by atoms with E-state index in [-0.39, 0.29) is 31.5 Å². The summed E-state index contributed by atoms with van der Waals surface area (Å²) in [5.74, 6) is -0.0982. The lowest BCUT2D eigenvalue weighted by Crippen LogP contribution is -2.49. The van der Waals surface area contributed by atoms with Crippen molar-refractivity contribution in [2.45, 2.75) is 37.8 Å². The number of alkyl halides is 6. The van der Waals surface area contributed by atoms with Gasteiger partial charge in [-0.2, -0.15) is 31.4 Å². The molecule has 0 radical (unpaired) electrons. The molecule has 1 saturated heterocycles. The smallest absolute Gasteiger partial charge is 0.380 e. The molecule has 1 aliphatic rings. The first kappa shape index (κ1) is 30.1. The summed E-state index contributed by atoms with van der Waals surface area (Å²) in [6.07, 6.45) is -7.83. The number of nitrogens with one attached hydrogen (secondary N) is 2. The van der Waals surface area contributed by atoms with Gasteiger partial charge in [-0.05, 0) is 6.92 Å². The van der Waals surface area contributed by atoms with Crippen molar-refractivity contribution in [2.24, 2.45) is 0 Å². The summed E-state index contributed by atoms with van der Waals surface area (Å²) in [5, 5.41) is 7.78. The van der Waals surface area contributed by atoms with E-state index in [1.165, 1.54) is 7.11 Å². The number of amides is 1. The lowest BCUT2D eigenvalue weighted by atomic mass is 10.1. The molecule has 2 aromatic heterocycles. The number of halogens is 6. The minimum Gasteiger partial charge on any atom is -0.380 e. The molecule has 2 atom stereocenters. The highest BCUT2D eigenvalue weighted by atomic mass is 19.4. The van der Waals surface area contributed by atoms with Gasteiger partial charge in [0.2, 0.25) is 11.9 Å². The van der Waals surface area contributed by atoms with Crippen LogP contribution in [0.2, 0.25) is 0 Å². The molecule has 17 heteroatoms. The number of aromatic nitrogens is 4. The fourth-order valence-corrected chi connectivity index (χ4v) is 3.76. The highest BCUT2D eigenvalue weighted by Gasteiger charge is 2.38. The molecule has 0 spiro atoms. The van der Waals surface area contributed by atoms with Crippen molar-refractivity contribution in [1.29, 1.82) is 0 Å². The molecule has 2 aromatic rings. The van der Waals surface area contributed by atoms with Gasteiger partial charge in [0.15, 0.2) is 0 Å². The maximum Gasteiger partial charge on any atom is 0.423 e. The summed E-state index contributed by atoms with van der Waals surface area (Å²) in [5.41, 5.74) is -4.31.